The van der Waals surface area contributed by atoms with Gasteiger partial charge in [-0.2, -0.15) is 0 Å². The Morgan fingerprint density at radius 1 is 1.05 bits per heavy atom. The van der Waals surface area contributed by atoms with Gasteiger partial charge in [0.25, 0.3) is 0 Å². The maximum atomic E-state index is 5.89. The highest BCUT2D eigenvalue weighted by molar-refractivity contribution is 5.04. The van der Waals surface area contributed by atoms with E-state index in [2.05, 4.69) is 29.4 Å². The average molecular weight is 289 g/mol. The maximum Gasteiger partial charge on any atom is 0.230 e. The van der Waals surface area contributed by atoms with Crippen LogP contribution < -0.4 is 5.32 Å². The topological polar surface area (TPSA) is 51.0 Å². The summed E-state index contributed by atoms with van der Waals surface area (Å²) in [5, 5.41) is 11.9. The molecule has 0 aromatic carbocycles. The number of nitrogens with zero attached hydrogens (tertiary/aromatic N) is 2. The lowest BCUT2D eigenvalue weighted by molar-refractivity contribution is -0.0552. The van der Waals surface area contributed by atoms with E-state index >= 15 is 0 Å². The third-order valence-electron chi connectivity index (χ3n) is 5.86. The van der Waals surface area contributed by atoms with E-state index in [1.54, 1.807) is 0 Å². The van der Waals surface area contributed by atoms with E-state index in [0.717, 1.165) is 36.0 Å². The highest BCUT2D eigenvalue weighted by Crippen LogP contribution is 2.60. The van der Waals surface area contributed by atoms with Crippen LogP contribution in [0.15, 0.2) is 4.42 Å². The fourth-order valence-corrected chi connectivity index (χ4v) is 5.55. The van der Waals surface area contributed by atoms with Gasteiger partial charge in [0.05, 0.1) is 6.54 Å². The van der Waals surface area contributed by atoms with Crippen molar-refractivity contribution in [2.45, 2.75) is 71.4 Å². The molecule has 4 aliphatic rings. The number of hydrogen-bond donors (Lipinski definition) is 1. The van der Waals surface area contributed by atoms with Gasteiger partial charge < -0.3 is 9.73 Å². The zero-order valence-electron chi connectivity index (χ0n) is 13.3. The molecule has 116 valence electrons. The van der Waals surface area contributed by atoms with Gasteiger partial charge in [-0.15, -0.1) is 10.2 Å². The summed E-state index contributed by atoms with van der Waals surface area (Å²) in [6.07, 6.45) is 9.71. The van der Waals surface area contributed by atoms with Gasteiger partial charge >= 0.3 is 0 Å². The van der Waals surface area contributed by atoms with E-state index in [1.165, 1.54) is 38.5 Å². The van der Waals surface area contributed by atoms with Gasteiger partial charge in [0.15, 0.2) is 0 Å². The summed E-state index contributed by atoms with van der Waals surface area (Å²) >= 11 is 0. The summed E-state index contributed by atoms with van der Waals surface area (Å²) < 4.78 is 5.89. The molecule has 0 atom stereocenters. The summed E-state index contributed by atoms with van der Waals surface area (Å²) in [4.78, 5) is 0. The Morgan fingerprint density at radius 3 is 2.19 bits per heavy atom. The molecule has 1 heterocycles. The first kappa shape index (κ1) is 13.7. The van der Waals surface area contributed by atoms with E-state index in [0.29, 0.717) is 18.0 Å². The van der Waals surface area contributed by atoms with E-state index in [-0.39, 0.29) is 0 Å². The van der Waals surface area contributed by atoms with E-state index < -0.39 is 0 Å². The lowest BCUT2D eigenvalue weighted by Crippen LogP contribution is -2.47. The lowest BCUT2D eigenvalue weighted by atomic mass is 9.49. The van der Waals surface area contributed by atoms with Crippen molar-refractivity contribution in [3.63, 3.8) is 0 Å². The molecule has 0 radical (unpaired) electrons. The van der Waals surface area contributed by atoms with Gasteiger partial charge in [0.2, 0.25) is 11.8 Å². The highest BCUT2D eigenvalue weighted by Gasteiger charge is 2.51. The Morgan fingerprint density at radius 2 is 1.62 bits per heavy atom. The molecule has 0 saturated heterocycles. The molecule has 4 fully saturated rings. The molecule has 4 saturated carbocycles. The molecule has 5 rings (SSSR count). The Balaban J connectivity index is 1.44. The molecule has 4 aliphatic carbocycles. The number of hydrogen-bond acceptors (Lipinski definition) is 4. The zero-order valence-corrected chi connectivity index (χ0v) is 13.3. The Labute approximate surface area is 127 Å². The van der Waals surface area contributed by atoms with Crippen LogP contribution in [0.1, 0.15) is 64.2 Å². The van der Waals surface area contributed by atoms with Crippen molar-refractivity contribution in [3.05, 3.63) is 11.8 Å². The van der Waals surface area contributed by atoms with Crippen LogP contribution >= 0.6 is 0 Å². The Kier molecular flexibility index (Phi) is 3.32. The molecule has 0 amide bonds. The predicted octanol–water partition coefficient (Wildman–Crippen LogP) is 3.33. The van der Waals surface area contributed by atoms with Crippen LogP contribution in [-0.2, 0) is 13.0 Å². The van der Waals surface area contributed by atoms with Crippen LogP contribution in [0, 0.1) is 23.2 Å². The van der Waals surface area contributed by atoms with Crippen molar-refractivity contribution in [2.75, 3.05) is 0 Å². The van der Waals surface area contributed by atoms with Crippen molar-refractivity contribution in [3.8, 4) is 0 Å². The fourth-order valence-electron chi connectivity index (χ4n) is 5.55. The summed E-state index contributed by atoms with van der Waals surface area (Å²) in [5.74, 6) is 4.57. The van der Waals surface area contributed by atoms with Crippen LogP contribution in [0.5, 0.6) is 0 Å². The Hall–Kier alpha value is -0.900. The average Bonchev–Trinajstić information content (AvgIpc) is 2.81. The SMILES string of the molecule is CC(C)NCc1nnc(CC23CC4CC(CC(C4)C2)C3)o1. The second-order valence-corrected chi connectivity index (χ2v) is 8.22. The largest absolute Gasteiger partial charge is 0.424 e. The summed E-state index contributed by atoms with van der Waals surface area (Å²) in [5.41, 5.74) is 0.490. The van der Waals surface area contributed by atoms with Crippen LogP contribution in [0.4, 0.5) is 0 Å². The van der Waals surface area contributed by atoms with Gasteiger partial charge in [0.1, 0.15) is 0 Å². The number of aromatic nitrogens is 2. The number of rotatable bonds is 5. The second kappa shape index (κ2) is 5.08. The first-order chi connectivity index (χ1) is 10.1. The van der Waals surface area contributed by atoms with Crippen LogP contribution in [0.2, 0.25) is 0 Å². The molecule has 1 aromatic rings. The van der Waals surface area contributed by atoms with Crippen LogP contribution in [0.25, 0.3) is 0 Å². The van der Waals surface area contributed by atoms with Crippen molar-refractivity contribution in [1.29, 1.82) is 0 Å². The van der Waals surface area contributed by atoms with Crippen LogP contribution in [0.3, 0.4) is 0 Å². The normalized spacial score (nSPS) is 37.6. The third-order valence-corrected chi connectivity index (χ3v) is 5.86. The first-order valence-electron chi connectivity index (χ1n) is 8.65. The predicted molar refractivity (Wildman–Crippen MR) is 80.6 cm³/mol. The molecule has 0 spiro atoms. The minimum absolute atomic E-state index is 0.448. The van der Waals surface area contributed by atoms with Gasteiger partial charge in [-0.05, 0) is 61.7 Å². The van der Waals surface area contributed by atoms with Crippen molar-refractivity contribution < 1.29 is 4.42 Å². The molecular weight excluding hydrogens is 262 g/mol. The third kappa shape index (κ3) is 2.75. The number of nitrogens with one attached hydrogen (secondary N) is 1. The van der Waals surface area contributed by atoms with Crippen LogP contribution in [-0.4, -0.2) is 16.2 Å². The quantitative estimate of drug-likeness (QED) is 0.903. The van der Waals surface area contributed by atoms with Crippen molar-refractivity contribution in [2.24, 2.45) is 23.2 Å². The molecule has 4 nitrogen and oxygen atoms in total. The van der Waals surface area contributed by atoms with Crippen molar-refractivity contribution in [1.82, 2.24) is 15.5 Å². The Bertz CT molecular complexity index is 473. The zero-order chi connectivity index (χ0) is 14.4. The minimum atomic E-state index is 0.448. The van der Waals surface area contributed by atoms with Gasteiger partial charge in [0, 0.05) is 12.5 Å². The van der Waals surface area contributed by atoms with Gasteiger partial charge in [-0.1, -0.05) is 13.8 Å². The molecular formula is C17H27N3O. The molecule has 1 N–H and O–H groups in total. The highest BCUT2D eigenvalue weighted by atomic mass is 16.4. The molecule has 4 bridgehead atoms. The monoisotopic (exact) mass is 289 g/mol. The van der Waals surface area contributed by atoms with E-state index in [4.69, 9.17) is 4.42 Å². The molecule has 0 aliphatic heterocycles. The standard InChI is InChI=1S/C17H27N3O/c1-11(2)18-10-16-20-19-15(21-16)9-17-6-12-3-13(7-17)5-14(4-12)8-17/h11-14,18H,3-10H2,1-2H3. The summed E-state index contributed by atoms with van der Waals surface area (Å²) in [6.45, 7) is 4.95. The van der Waals surface area contributed by atoms with Gasteiger partial charge in [-0.25, -0.2) is 0 Å². The van der Waals surface area contributed by atoms with E-state index in [1.807, 2.05) is 0 Å². The second-order valence-electron chi connectivity index (χ2n) is 8.22. The fraction of sp³-hybridized carbons (Fsp3) is 0.882. The smallest absolute Gasteiger partial charge is 0.230 e. The van der Waals surface area contributed by atoms with Crippen molar-refractivity contribution >= 4 is 0 Å². The lowest BCUT2D eigenvalue weighted by Gasteiger charge is -2.56. The molecule has 0 unspecified atom stereocenters. The maximum absolute atomic E-state index is 5.89. The molecule has 4 heteroatoms. The first-order valence-corrected chi connectivity index (χ1v) is 8.65. The minimum Gasteiger partial charge on any atom is -0.424 e. The summed E-state index contributed by atoms with van der Waals surface area (Å²) in [7, 11) is 0. The van der Waals surface area contributed by atoms with Gasteiger partial charge in [-0.3, -0.25) is 0 Å². The molecule has 1 aromatic heterocycles. The molecule has 21 heavy (non-hydrogen) atoms. The van der Waals surface area contributed by atoms with E-state index in [9.17, 15) is 0 Å². The summed E-state index contributed by atoms with van der Waals surface area (Å²) in [6, 6.07) is 0.448.